The monoisotopic (exact) mass is 252 g/mol. The molecule has 3 heteroatoms. The number of hydrogen-bond donors (Lipinski definition) is 2. The van der Waals surface area contributed by atoms with Crippen LogP contribution in [-0.4, -0.2) is 46.8 Å². The van der Waals surface area contributed by atoms with Gasteiger partial charge in [0.25, 0.3) is 0 Å². The molecule has 18 heavy (non-hydrogen) atoms. The summed E-state index contributed by atoms with van der Waals surface area (Å²) in [5.41, 5.74) is 1.42. The summed E-state index contributed by atoms with van der Waals surface area (Å²) in [5.74, 6) is 0. The first-order chi connectivity index (χ1) is 8.35. The third-order valence-corrected chi connectivity index (χ3v) is 4.13. The molecule has 3 nitrogen and oxygen atoms in total. The van der Waals surface area contributed by atoms with Gasteiger partial charge in [0.1, 0.15) is 0 Å². The van der Waals surface area contributed by atoms with Gasteiger partial charge in [-0.1, -0.05) is 6.58 Å². The van der Waals surface area contributed by atoms with E-state index in [0.717, 1.165) is 25.9 Å². The van der Waals surface area contributed by atoms with Gasteiger partial charge in [-0.15, -0.1) is 0 Å². The van der Waals surface area contributed by atoms with Crippen molar-refractivity contribution in [3.63, 3.8) is 0 Å². The van der Waals surface area contributed by atoms with E-state index in [1.807, 2.05) is 0 Å². The van der Waals surface area contributed by atoms with Crippen molar-refractivity contribution in [2.45, 2.75) is 70.2 Å². The van der Waals surface area contributed by atoms with Crippen LogP contribution >= 0.6 is 0 Å². The first-order valence-electron chi connectivity index (χ1n) is 7.20. The molecule has 2 bridgehead atoms. The van der Waals surface area contributed by atoms with E-state index in [0.29, 0.717) is 12.1 Å². The second-order valence-electron chi connectivity index (χ2n) is 7.04. The van der Waals surface area contributed by atoms with E-state index in [9.17, 15) is 5.11 Å². The van der Waals surface area contributed by atoms with Crippen molar-refractivity contribution < 1.29 is 5.11 Å². The second kappa shape index (κ2) is 5.32. The average molecular weight is 252 g/mol. The number of nitrogens with zero attached hydrogens (tertiary/aromatic N) is 1. The van der Waals surface area contributed by atoms with Crippen molar-refractivity contribution in [3.05, 3.63) is 12.2 Å². The Balaban J connectivity index is 1.81. The molecule has 2 unspecified atom stereocenters. The van der Waals surface area contributed by atoms with Gasteiger partial charge in [0.2, 0.25) is 0 Å². The van der Waals surface area contributed by atoms with Crippen LogP contribution in [0.2, 0.25) is 0 Å². The van der Waals surface area contributed by atoms with Crippen molar-refractivity contribution in [1.29, 1.82) is 0 Å². The molecule has 2 aliphatic heterocycles. The number of nitrogens with one attached hydrogen (secondary N) is 1. The van der Waals surface area contributed by atoms with E-state index < -0.39 is 0 Å². The average Bonchev–Trinajstić information content (AvgIpc) is 2.47. The summed E-state index contributed by atoms with van der Waals surface area (Å²) >= 11 is 0. The molecule has 0 aromatic rings. The molecule has 0 radical (unpaired) electrons. The van der Waals surface area contributed by atoms with Crippen molar-refractivity contribution in [2.24, 2.45) is 0 Å². The molecule has 0 amide bonds. The minimum atomic E-state index is -0.0697. The molecule has 0 aromatic heterocycles. The van der Waals surface area contributed by atoms with E-state index in [2.05, 4.69) is 37.6 Å². The first-order valence-corrected chi connectivity index (χ1v) is 7.20. The van der Waals surface area contributed by atoms with Crippen molar-refractivity contribution in [1.82, 2.24) is 10.2 Å². The second-order valence-corrected chi connectivity index (χ2v) is 7.04. The Hall–Kier alpha value is -0.380. The number of aliphatic hydroxyl groups excluding tert-OH is 1. The summed E-state index contributed by atoms with van der Waals surface area (Å²) in [6.45, 7) is 12.6. The zero-order valence-corrected chi connectivity index (χ0v) is 12.1. The van der Waals surface area contributed by atoms with Crippen LogP contribution in [0.25, 0.3) is 0 Å². The van der Waals surface area contributed by atoms with Crippen molar-refractivity contribution in [3.8, 4) is 0 Å². The van der Waals surface area contributed by atoms with Crippen LogP contribution in [0.4, 0.5) is 0 Å². The zero-order valence-electron chi connectivity index (χ0n) is 12.1. The highest BCUT2D eigenvalue weighted by molar-refractivity contribution is 5.06. The van der Waals surface area contributed by atoms with Gasteiger partial charge in [0, 0.05) is 30.7 Å². The predicted molar refractivity (Wildman–Crippen MR) is 75.7 cm³/mol. The van der Waals surface area contributed by atoms with Crippen LogP contribution in [0.5, 0.6) is 0 Å². The van der Waals surface area contributed by atoms with Crippen LogP contribution in [0.15, 0.2) is 12.2 Å². The predicted octanol–water partition coefficient (Wildman–Crippen LogP) is 1.92. The van der Waals surface area contributed by atoms with Crippen LogP contribution in [0.1, 0.15) is 46.5 Å². The van der Waals surface area contributed by atoms with Gasteiger partial charge in [-0.25, -0.2) is 0 Å². The molecular weight excluding hydrogens is 224 g/mol. The van der Waals surface area contributed by atoms with E-state index in [1.54, 1.807) is 0 Å². The Morgan fingerprint density at radius 1 is 1.28 bits per heavy atom. The third-order valence-electron chi connectivity index (χ3n) is 4.13. The molecule has 2 aliphatic rings. The van der Waals surface area contributed by atoms with Gasteiger partial charge in [-0.05, 0) is 52.0 Å². The van der Waals surface area contributed by atoms with E-state index in [4.69, 9.17) is 0 Å². The maximum Gasteiger partial charge on any atom is 0.0570 e. The summed E-state index contributed by atoms with van der Waals surface area (Å²) in [6, 6.07) is 1.18. The number of fused-ring (bicyclic) bond motifs is 2. The lowest BCUT2D eigenvalue weighted by molar-refractivity contribution is 0.0405. The Kier molecular flexibility index (Phi) is 4.15. The van der Waals surface area contributed by atoms with Gasteiger partial charge < -0.3 is 10.4 Å². The smallest absolute Gasteiger partial charge is 0.0570 e. The molecule has 0 aromatic carbocycles. The van der Waals surface area contributed by atoms with Crippen molar-refractivity contribution >= 4 is 0 Å². The Labute approximate surface area is 111 Å². The number of hydrogen-bond acceptors (Lipinski definition) is 3. The lowest BCUT2D eigenvalue weighted by atomic mass is 9.99. The highest BCUT2D eigenvalue weighted by Gasteiger charge is 2.39. The standard InChI is InChI=1S/C15H28N2O/c1-11(9-16-15(2,3)4)10-17-12-5-6-13(17)8-14(18)7-12/h12-14,16,18H,1,5-10H2,2-4H3. The maximum absolute atomic E-state index is 9.79. The lowest BCUT2D eigenvalue weighted by Gasteiger charge is -2.37. The van der Waals surface area contributed by atoms with Crippen LogP contribution in [0.3, 0.4) is 0 Å². The SMILES string of the molecule is C=C(CNC(C)(C)C)CN1C2CCC1CC(O)C2. The Morgan fingerprint density at radius 2 is 1.83 bits per heavy atom. The summed E-state index contributed by atoms with van der Waals surface area (Å²) in [7, 11) is 0. The number of aliphatic hydroxyl groups is 1. The molecule has 0 spiro atoms. The summed E-state index contributed by atoms with van der Waals surface area (Å²) in [4.78, 5) is 2.57. The van der Waals surface area contributed by atoms with Gasteiger partial charge in [0.05, 0.1) is 6.10 Å². The molecule has 2 N–H and O–H groups in total. The van der Waals surface area contributed by atoms with Gasteiger partial charge in [0.15, 0.2) is 0 Å². The Morgan fingerprint density at radius 3 is 2.33 bits per heavy atom. The van der Waals surface area contributed by atoms with Gasteiger partial charge in [-0.3, -0.25) is 4.90 Å². The fourth-order valence-corrected chi connectivity index (χ4v) is 3.21. The molecule has 2 fully saturated rings. The highest BCUT2D eigenvalue weighted by atomic mass is 16.3. The largest absolute Gasteiger partial charge is 0.393 e. The number of piperidine rings is 1. The quantitative estimate of drug-likeness (QED) is 0.750. The van der Waals surface area contributed by atoms with Crippen LogP contribution in [0, 0.1) is 0 Å². The topological polar surface area (TPSA) is 35.5 Å². The first kappa shape index (κ1) is 14.0. The van der Waals surface area contributed by atoms with E-state index in [1.165, 1.54) is 18.4 Å². The fourth-order valence-electron chi connectivity index (χ4n) is 3.21. The number of rotatable bonds is 4. The minimum absolute atomic E-state index is 0.0697. The molecule has 0 saturated carbocycles. The molecule has 2 atom stereocenters. The Bertz CT molecular complexity index is 294. The van der Waals surface area contributed by atoms with Gasteiger partial charge >= 0.3 is 0 Å². The summed E-state index contributed by atoms with van der Waals surface area (Å²) in [5, 5.41) is 13.3. The summed E-state index contributed by atoms with van der Waals surface area (Å²) < 4.78 is 0. The van der Waals surface area contributed by atoms with Gasteiger partial charge in [-0.2, -0.15) is 0 Å². The lowest BCUT2D eigenvalue weighted by Crippen LogP contribution is -2.46. The highest BCUT2D eigenvalue weighted by Crippen LogP contribution is 2.35. The third kappa shape index (κ3) is 3.56. The molecule has 2 saturated heterocycles. The van der Waals surface area contributed by atoms with Crippen molar-refractivity contribution in [2.75, 3.05) is 13.1 Å². The molecule has 0 aliphatic carbocycles. The summed E-state index contributed by atoms with van der Waals surface area (Å²) in [6.07, 6.45) is 4.34. The van der Waals surface area contributed by atoms with Crippen LogP contribution < -0.4 is 5.32 Å². The molecular formula is C15H28N2O. The van der Waals surface area contributed by atoms with E-state index >= 15 is 0 Å². The van der Waals surface area contributed by atoms with E-state index in [-0.39, 0.29) is 11.6 Å². The molecule has 104 valence electrons. The maximum atomic E-state index is 9.79. The fraction of sp³-hybridized carbons (Fsp3) is 0.867. The molecule has 2 heterocycles. The minimum Gasteiger partial charge on any atom is -0.393 e. The van der Waals surface area contributed by atoms with Crippen LogP contribution in [-0.2, 0) is 0 Å². The normalized spacial score (nSPS) is 32.8. The zero-order chi connectivity index (χ0) is 13.3. The molecule has 2 rings (SSSR count).